The SMILES string of the molecule is CCc1ccc2c(c1)C1(CC=C3CC3CC1C)c1cccc(C3=NC3c3ccccc3)c1-2. The van der Waals surface area contributed by atoms with Gasteiger partial charge in [-0.3, -0.25) is 4.99 Å². The van der Waals surface area contributed by atoms with E-state index in [9.17, 15) is 0 Å². The van der Waals surface area contributed by atoms with Crippen molar-refractivity contribution in [2.24, 2.45) is 16.8 Å². The molecular weight excluding hydrogens is 386 g/mol. The number of nitrogens with zero attached hydrogens (tertiary/aromatic N) is 1. The Morgan fingerprint density at radius 2 is 1.81 bits per heavy atom. The van der Waals surface area contributed by atoms with Crippen LogP contribution in [0.15, 0.2) is 83.4 Å². The molecule has 0 aromatic heterocycles. The molecule has 0 N–H and O–H groups in total. The number of hydrogen-bond acceptors (Lipinski definition) is 1. The van der Waals surface area contributed by atoms with Crippen LogP contribution in [0.3, 0.4) is 0 Å². The van der Waals surface area contributed by atoms with Crippen LogP contribution >= 0.6 is 0 Å². The van der Waals surface area contributed by atoms with Gasteiger partial charge in [0.2, 0.25) is 0 Å². The highest BCUT2D eigenvalue weighted by molar-refractivity contribution is 6.18. The number of fused-ring (bicyclic) bond motifs is 6. The van der Waals surface area contributed by atoms with E-state index in [0.29, 0.717) is 5.92 Å². The third-order valence-electron chi connectivity index (χ3n) is 8.65. The minimum atomic E-state index is 0.101. The Morgan fingerprint density at radius 3 is 2.66 bits per heavy atom. The van der Waals surface area contributed by atoms with Crippen molar-refractivity contribution in [2.75, 3.05) is 0 Å². The highest BCUT2D eigenvalue weighted by Gasteiger charge is 2.51. The first kappa shape index (κ1) is 18.6. The maximum absolute atomic E-state index is 4.97. The van der Waals surface area contributed by atoms with E-state index < -0.39 is 0 Å². The van der Waals surface area contributed by atoms with Gasteiger partial charge in [0.25, 0.3) is 0 Å². The zero-order valence-electron chi connectivity index (χ0n) is 18.9. The molecule has 0 saturated heterocycles. The molecule has 3 aromatic rings. The average molecular weight is 416 g/mol. The number of aliphatic imine (C=N–C) groups is 1. The summed E-state index contributed by atoms with van der Waals surface area (Å²) in [5.74, 6) is 1.47. The number of allylic oxidation sites excluding steroid dienone is 2. The maximum Gasteiger partial charge on any atom is 0.118 e. The summed E-state index contributed by atoms with van der Waals surface area (Å²) >= 11 is 0. The first-order valence-electron chi connectivity index (χ1n) is 12.3. The lowest BCUT2D eigenvalue weighted by Crippen LogP contribution is -2.32. The minimum absolute atomic E-state index is 0.101. The fourth-order valence-corrected chi connectivity index (χ4v) is 6.74. The fraction of sp³-hybridized carbons (Fsp3) is 0.323. The lowest BCUT2D eigenvalue weighted by molar-refractivity contribution is 0.328. The monoisotopic (exact) mass is 415 g/mol. The van der Waals surface area contributed by atoms with E-state index in [2.05, 4.69) is 86.7 Å². The van der Waals surface area contributed by atoms with Gasteiger partial charge < -0.3 is 0 Å². The van der Waals surface area contributed by atoms with Gasteiger partial charge in [-0.25, -0.2) is 0 Å². The zero-order valence-corrected chi connectivity index (χ0v) is 18.9. The molecule has 1 fully saturated rings. The Labute approximate surface area is 190 Å². The van der Waals surface area contributed by atoms with Crippen molar-refractivity contribution in [1.82, 2.24) is 0 Å². The Morgan fingerprint density at radius 1 is 0.938 bits per heavy atom. The molecule has 1 heteroatoms. The molecule has 3 aromatic carbocycles. The molecule has 32 heavy (non-hydrogen) atoms. The summed E-state index contributed by atoms with van der Waals surface area (Å²) in [4.78, 5) is 4.97. The quantitative estimate of drug-likeness (QED) is 0.394. The Kier molecular flexibility index (Phi) is 3.81. The fourth-order valence-electron chi connectivity index (χ4n) is 6.74. The van der Waals surface area contributed by atoms with Crippen LogP contribution in [0.4, 0.5) is 0 Å². The Balaban J connectivity index is 1.42. The van der Waals surface area contributed by atoms with Gasteiger partial charge in [-0.15, -0.1) is 0 Å². The first-order valence-corrected chi connectivity index (χ1v) is 12.3. The Hall–Kier alpha value is -2.93. The predicted octanol–water partition coefficient (Wildman–Crippen LogP) is 7.44. The van der Waals surface area contributed by atoms with Gasteiger partial charge in [-0.05, 0) is 70.9 Å². The number of benzene rings is 3. The molecule has 1 spiro atoms. The van der Waals surface area contributed by atoms with Crippen molar-refractivity contribution in [3.63, 3.8) is 0 Å². The van der Waals surface area contributed by atoms with Crippen molar-refractivity contribution in [2.45, 2.75) is 51.0 Å². The van der Waals surface area contributed by atoms with Crippen LogP contribution < -0.4 is 0 Å². The molecule has 4 aliphatic rings. The largest absolute Gasteiger partial charge is 0.272 e. The summed E-state index contributed by atoms with van der Waals surface area (Å²) in [5.41, 5.74) is 13.2. The second-order valence-electron chi connectivity index (χ2n) is 10.3. The van der Waals surface area contributed by atoms with Crippen LogP contribution in [0.5, 0.6) is 0 Å². The van der Waals surface area contributed by atoms with Gasteiger partial charge in [0.05, 0.1) is 5.71 Å². The molecular formula is C31H29N. The van der Waals surface area contributed by atoms with Crippen LogP contribution in [0.2, 0.25) is 0 Å². The zero-order chi connectivity index (χ0) is 21.4. The molecule has 0 amide bonds. The van der Waals surface area contributed by atoms with E-state index in [0.717, 1.165) is 18.8 Å². The molecule has 7 rings (SSSR count). The summed E-state index contributed by atoms with van der Waals surface area (Å²) in [5, 5.41) is 0. The summed E-state index contributed by atoms with van der Waals surface area (Å²) in [7, 11) is 0. The average Bonchev–Trinajstić information content (AvgIpc) is 3.74. The number of hydrogen-bond donors (Lipinski definition) is 0. The van der Waals surface area contributed by atoms with Crippen LogP contribution in [0.1, 0.15) is 67.0 Å². The summed E-state index contributed by atoms with van der Waals surface area (Å²) in [6.07, 6.45) is 7.49. The molecule has 4 atom stereocenters. The Bertz CT molecular complexity index is 1310. The molecule has 0 bridgehead atoms. The van der Waals surface area contributed by atoms with Crippen molar-refractivity contribution in [3.8, 4) is 11.1 Å². The molecule has 1 saturated carbocycles. The van der Waals surface area contributed by atoms with Crippen molar-refractivity contribution >= 4 is 5.71 Å². The number of aryl methyl sites for hydroxylation is 1. The standard InChI is InChI=1S/C31H29N/c1-3-20-12-13-24-27(17-20)31(15-14-22-18-23(22)16-19(31)2)26-11-7-10-25(28(24)26)30-29(32-30)21-8-5-4-6-9-21/h4-14,17,19,23,29H,3,15-16,18H2,1-2H3. The second-order valence-corrected chi connectivity index (χ2v) is 10.3. The van der Waals surface area contributed by atoms with Gasteiger partial charge in [-0.1, -0.05) is 92.2 Å². The smallest absolute Gasteiger partial charge is 0.118 e. The maximum atomic E-state index is 4.97. The molecule has 0 radical (unpaired) electrons. The van der Waals surface area contributed by atoms with E-state index in [1.165, 1.54) is 46.4 Å². The van der Waals surface area contributed by atoms with Crippen LogP contribution in [-0.2, 0) is 11.8 Å². The molecule has 3 aliphatic carbocycles. The third-order valence-corrected chi connectivity index (χ3v) is 8.65. The normalized spacial score (nSPS) is 28.9. The predicted molar refractivity (Wildman–Crippen MR) is 132 cm³/mol. The highest BCUT2D eigenvalue weighted by atomic mass is 15.0. The highest BCUT2D eigenvalue weighted by Crippen LogP contribution is 2.61. The lowest BCUT2D eigenvalue weighted by atomic mass is 9.65. The minimum Gasteiger partial charge on any atom is -0.272 e. The van der Waals surface area contributed by atoms with E-state index >= 15 is 0 Å². The van der Waals surface area contributed by atoms with Crippen LogP contribution in [-0.4, -0.2) is 5.71 Å². The molecule has 4 unspecified atom stereocenters. The van der Waals surface area contributed by atoms with E-state index in [1.54, 1.807) is 16.7 Å². The van der Waals surface area contributed by atoms with Crippen LogP contribution in [0.25, 0.3) is 11.1 Å². The molecule has 158 valence electrons. The van der Waals surface area contributed by atoms with Crippen LogP contribution in [0, 0.1) is 11.8 Å². The van der Waals surface area contributed by atoms with Crippen molar-refractivity contribution < 1.29 is 0 Å². The van der Waals surface area contributed by atoms with Crippen molar-refractivity contribution in [1.29, 1.82) is 0 Å². The second kappa shape index (κ2) is 6.54. The van der Waals surface area contributed by atoms with Crippen molar-refractivity contribution in [3.05, 3.63) is 106 Å². The first-order chi connectivity index (χ1) is 15.7. The summed E-state index contributed by atoms with van der Waals surface area (Å²) in [6, 6.07) is 25.3. The van der Waals surface area contributed by atoms with E-state index in [-0.39, 0.29) is 11.5 Å². The number of rotatable bonds is 3. The van der Waals surface area contributed by atoms with Gasteiger partial charge >= 0.3 is 0 Å². The summed E-state index contributed by atoms with van der Waals surface area (Å²) in [6.45, 7) is 4.79. The molecule has 1 aliphatic heterocycles. The van der Waals surface area contributed by atoms with E-state index in [1.807, 2.05) is 0 Å². The van der Waals surface area contributed by atoms with Gasteiger partial charge in [0, 0.05) is 11.0 Å². The lowest BCUT2D eigenvalue weighted by Gasteiger charge is -2.37. The van der Waals surface area contributed by atoms with Gasteiger partial charge in [0.15, 0.2) is 0 Å². The van der Waals surface area contributed by atoms with Gasteiger partial charge in [-0.2, -0.15) is 0 Å². The third kappa shape index (κ3) is 2.48. The topological polar surface area (TPSA) is 12.4 Å². The van der Waals surface area contributed by atoms with Gasteiger partial charge in [0.1, 0.15) is 6.04 Å². The summed E-state index contributed by atoms with van der Waals surface area (Å²) < 4.78 is 0. The molecule has 1 heterocycles. The molecule has 1 nitrogen and oxygen atoms in total. The van der Waals surface area contributed by atoms with E-state index in [4.69, 9.17) is 4.99 Å².